The van der Waals surface area contributed by atoms with Crippen molar-refractivity contribution in [1.29, 1.82) is 0 Å². The summed E-state index contributed by atoms with van der Waals surface area (Å²) in [6, 6.07) is 27.5. The van der Waals surface area contributed by atoms with Gasteiger partial charge in [-0.2, -0.15) is 0 Å². The van der Waals surface area contributed by atoms with Crippen LogP contribution in [0.5, 0.6) is 0 Å². The van der Waals surface area contributed by atoms with Crippen LogP contribution in [0.2, 0.25) is 0 Å². The minimum atomic E-state index is 0.382. The molecule has 0 radical (unpaired) electrons. The molecule has 0 saturated heterocycles. The van der Waals surface area contributed by atoms with E-state index in [0.29, 0.717) is 12.5 Å². The van der Waals surface area contributed by atoms with Gasteiger partial charge in [0.05, 0.1) is 13.2 Å². The first-order valence-electron chi connectivity index (χ1n) is 9.00. The highest BCUT2D eigenvalue weighted by molar-refractivity contribution is 9.10. The number of nitrogens with zero attached hydrogens (tertiary/aromatic N) is 1. The van der Waals surface area contributed by atoms with E-state index in [-0.39, 0.29) is 0 Å². The van der Waals surface area contributed by atoms with Crippen LogP contribution >= 0.6 is 15.9 Å². The molecule has 2 nitrogen and oxygen atoms in total. The standard InChI is InChI=1S/C23H22BrNO/c24-21-12-7-13-22-23(21)20(17-26-16-19-10-5-2-6-11-19)15-25(22)14-18-8-3-1-4-9-18/h1-13,20H,14-17H2. The average molecular weight is 408 g/mol. The highest BCUT2D eigenvalue weighted by atomic mass is 79.9. The molecule has 26 heavy (non-hydrogen) atoms. The summed E-state index contributed by atoms with van der Waals surface area (Å²) in [5.74, 6) is 0.382. The molecule has 132 valence electrons. The molecule has 3 aromatic carbocycles. The molecule has 1 aliphatic heterocycles. The van der Waals surface area contributed by atoms with Crippen molar-refractivity contribution in [3.63, 3.8) is 0 Å². The topological polar surface area (TPSA) is 12.5 Å². The zero-order chi connectivity index (χ0) is 17.8. The highest BCUT2D eigenvalue weighted by Crippen LogP contribution is 2.41. The Bertz CT molecular complexity index is 851. The van der Waals surface area contributed by atoms with Crippen LogP contribution in [0.15, 0.2) is 83.3 Å². The van der Waals surface area contributed by atoms with Gasteiger partial charge < -0.3 is 9.64 Å². The van der Waals surface area contributed by atoms with Crippen molar-refractivity contribution >= 4 is 21.6 Å². The molecular formula is C23H22BrNO. The van der Waals surface area contributed by atoms with Gasteiger partial charge in [-0.3, -0.25) is 0 Å². The number of halogens is 1. The quantitative estimate of drug-likeness (QED) is 0.514. The Labute approximate surface area is 163 Å². The molecule has 0 saturated carbocycles. The lowest BCUT2D eigenvalue weighted by Gasteiger charge is -2.20. The van der Waals surface area contributed by atoms with Crippen molar-refractivity contribution in [1.82, 2.24) is 0 Å². The molecule has 0 aromatic heterocycles. The van der Waals surface area contributed by atoms with E-state index < -0.39 is 0 Å². The molecule has 0 bridgehead atoms. The maximum Gasteiger partial charge on any atom is 0.0717 e. The summed E-state index contributed by atoms with van der Waals surface area (Å²) in [6.07, 6.45) is 0. The summed E-state index contributed by atoms with van der Waals surface area (Å²) in [5.41, 5.74) is 5.25. The maximum absolute atomic E-state index is 6.07. The van der Waals surface area contributed by atoms with Gasteiger partial charge in [0.1, 0.15) is 0 Å². The van der Waals surface area contributed by atoms with Crippen LogP contribution in [-0.2, 0) is 17.9 Å². The van der Waals surface area contributed by atoms with E-state index in [1.54, 1.807) is 0 Å². The summed E-state index contributed by atoms with van der Waals surface area (Å²) in [7, 11) is 0. The van der Waals surface area contributed by atoms with Gasteiger partial charge in [0, 0.05) is 29.2 Å². The molecule has 0 spiro atoms. The van der Waals surface area contributed by atoms with Crippen LogP contribution in [0, 0.1) is 0 Å². The lowest BCUT2D eigenvalue weighted by atomic mass is 10.0. The van der Waals surface area contributed by atoms with Gasteiger partial charge in [0.15, 0.2) is 0 Å². The molecule has 1 heterocycles. The molecule has 3 heteroatoms. The lowest BCUT2D eigenvalue weighted by molar-refractivity contribution is 0.109. The van der Waals surface area contributed by atoms with Crippen LogP contribution in [0.3, 0.4) is 0 Å². The van der Waals surface area contributed by atoms with Crippen molar-refractivity contribution in [2.24, 2.45) is 0 Å². The Morgan fingerprint density at radius 2 is 1.54 bits per heavy atom. The van der Waals surface area contributed by atoms with Crippen molar-refractivity contribution in [3.8, 4) is 0 Å². The van der Waals surface area contributed by atoms with Gasteiger partial charge in [-0.1, -0.05) is 82.7 Å². The normalized spacial score (nSPS) is 15.9. The maximum atomic E-state index is 6.07. The SMILES string of the molecule is Brc1cccc2c1C(COCc1ccccc1)CN2Cc1ccccc1. The van der Waals surface area contributed by atoms with Gasteiger partial charge in [-0.15, -0.1) is 0 Å². The summed E-state index contributed by atoms with van der Waals surface area (Å²) in [6.45, 7) is 3.31. The predicted molar refractivity (Wildman–Crippen MR) is 110 cm³/mol. The molecule has 0 fully saturated rings. The van der Waals surface area contributed by atoms with Crippen LogP contribution in [0.1, 0.15) is 22.6 Å². The first-order valence-corrected chi connectivity index (χ1v) is 9.79. The Kier molecular flexibility index (Phi) is 5.37. The first-order chi connectivity index (χ1) is 12.8. The summed E-state index contributed by atoms with van der Waals surface area (Å²) in [5, 5.41) is 0. The van der Waals surface area contributed by atoms with E-state index in [2.05, 4.69) is 93.6 Å². The molecule has 4 rings (SSSR count). The molecule has 1 unspecified atom stereocenters. The minimum Gasteiger partial charge on any atom is -0.376 e. The molecule has 1 atom stereocenters. The van der Waals surface area contributed by atoms with Crippen molar-refractivity contribution in [3.05, 3.63) is 100 Å². The lowest BCUT2D eigenvalue weighted by Crippen LogP contribution is -2.22. The second-order valence-corrected chi connectivity index (χ2v) is 7.59. The van der Waals surface area contributed by atoms with E-state index in [9.17, 15) is 0 Å². The second-order valence-electron chi connectivity index (χ2n) is 6.74. The third-order valence-electron chi connectivity index (χ3n) is 4.87. The number of hydrogen-bond donors (Lipinski definition) is 0. The van der Waals surface area contributed by atoms with Gasteiger partial charge in [0.2, 0.25) is 0 Å². The van der Waals surface area contributed by atoms with Crippen molar-refractivity contribution in [2.45, 2.75) is 19.1 Å². The van der Waals surface area contributed by atoms with Crippen LogP contribution < -0.4 is 4.90 Å². The largest absolute Gasteiger partial charge is 0.376 e. The van der Waals surface area contributed by atoms with Crippen LogP contribution in [0.4, 0.5) is 5.69 Å². The number of ether oxygens (including phenoxy) is 1. The van der Waals surface area contributed by atoms with Crippen molar-refractivity contribution in [2.75, 3.05) is 18.1 Å². The number of hydrogen-bond acceptors (Lipinski definition) is 2. The Balaban J connectivity index is 1.48. The van der Waals surface area contributed by atoms with E-state index in [1.165, 1.54) is 26.9 Å². The van der Waals surface area contributed by atoms with Gasteiger partial charge in [-0.05, 0) is 28.8 Å². The zero-order valence-corrected chi connectivity index (χ0v) is 16.2. The highest BCUT2D eigenvalue weighted by Gasteiger charge is 2.30. The Morgan fingerprint density at radius 1 is 0.846 bits per heavy atom. The van der Waals surface area contributed by atoms with Gasteiger partial charge in [0.25, 0.3) is 0 Å². The van der Waals surface area contributed by atoms with Crippen molar-refractivity contribution < 1.29 is 4.74 Å². The van der Waals surface area contributed by atoms with Crippen LogP contribution in [0.25, 0.3) is 0 Å². The van der Waals surface area contributed by atoms with Crippen LogP contribution in [-0.4, -0.2) is 13.2 Å². The Morgan fingerprint density at radius 3 is 2.27 bits per heavy atom. The van der Waals surface area contributed by atoms with E-state index in [4.69, 9.17) is 4.74 Å². The minimum absolute atomic E-state index is 0.382. The molecule has 0 aliphatic carbocycles. The fraction of sp³-hybridized carbons (Fsp3) is 0.217. The number of rotatable bonds is 6. The average Bonchev–Trinajstić information content (AvgIpc) is 3.02. The molecule has 1 aliphatic rings. The molecule has 0 N–H and O–H groups in total. The smallest absolute Gasteiger partial charge is 0.0717 e. The molecule has 0 amide bonds. The number of fused-ring (bicyclic) bond motifs is 1. The van der Waals surface area contributed by atoms with E-state index in [1.807, 2.05) is 6.07 Å². The monoisotopic (exact) mass is 407 g/mol. The fourth-order valence-corrected chi connectivity index (χ4v) is 4.32. The summed E-state index contributed by atoms with van der Waals surface area (Å²) in [4.78, 5) is 2.46. The third-order valence-corrected chi connectivity index (χ3v) is 5.56. The zero-order valence-electron chi connectivity index (χ0n) is 14.6. The van der Waals surface area contributed by atoms with E-state index in [0.717, 1.165) is 19.7 Å². The first kappa shape index (κ1) is 17.3. The van der Waals surface area contributed by atoms with Gasteiger partial charge in [-0.25, -0.2) is 0 Å². The summed E-state index contributed by atoms with van der Waals surface area (Å²) < 4.78 is 7.25. The predicted octanol–water partition coefficient (Wildman–Crippen LogP) is 5.77. The summed E-state index contributed by atoms with van der Waals surface area (Å²) >= 11 is 3.76. The number of anilines is 1. The molecule has 3 aromatic rings. The fourth-order valence-electron chi connectivity index (χ4n) is 3.64. The number of benzene rings is 3. The third kappa shape index (κ3) is 3.84. The second kappa shape index (κ2) is 8.07. The van der Waals surface area contributed by atoms with Gasteiger partial charge >= 0.3 is 0 Å². The molecular weight excluding hydrogens is 386 g/mol. The Hall–Kier alpha value is -2.10. The van der Waals surface area contributed by atoms with E-state index >= 15 is 0 Å².